The highest BCUT2D eigenvalue weighted by Gasteiger charge is 2.09. The summed E-state index contributed by atoms with van der Waals surface area (Å²) < 4.78 is 0. The van der Waals surface area contributed by atoms with E-state index >= 15 is 0 Å². The molecule has 0 aliphatic carbocycles. The molecule has 4 N–H and O–H groups in total. The fraction of sp³-hybridized carbons (Fsp3) is 0.222. The van der Waals surface area contributed by atoms with Gasteiger partial charge in [-0.3, -0.25) is 9.78 Å². The number of carbonyl (C=O) groups is 2. The number of rotatable bonds is 3. The first-order valence-electron chi connectivity index (χ1n) is 4.25. The Morgan fingerprint density at radius 1 is 1.53 bits per heavy atom. The highest BCUT2D eigenvalue weighted by atomic mass is 16.4. The van der Waals surface area contributed by atoms with Gasteiger partial charge in [-0.05, 0) is 13.0 Å². The third-order valence-electron chi connectivity index (χ3n) is 1.67. The minimum absolute atomic E-state index is 0.0116. The number of hydrogen-bond donors (Lipinski definition) is 3. The van der Waals surface area contributed by atoms with Gasteiger partial charge in [-0.2, -0.15) is 0 Å². The van der Waals surface area contributed by atoms with Crippen LogP contribution in [0.25, 0.3) is 0 Å². The molecule has 1 heterocycles. The van der Waals surface area contributed by atoms with Crippen molar-refractivity contribution in [2.75, 3.05) is 5.32 Å². The second-order valence-corrected chi connectivity index (χ2v) is 3.05. The smallest absolute Gasteiger partial charge is 0.337 e. The summed E-state index contributed by atoms with van der Waals surface area (Å²) in [6, 6.07) is 0.661. The first-order chi connectivity index (χ1) is 7.00. The Balaban J connectivity index is 2.83. The number of nitrogens with two attached hydrogens (primary N) is 1. The standard InChI is InChI=1S/C9H11N3O3/c1-5(10)8(13)12-7-2-6(9(14)15)3-11-4-7/h2-5H,10H2,1H3,(H,12,13)(H,14,15)/t5-/m0/s1. The van der Waals surface area contributed by atoms with Crippen molar-refractivity contribution in [1.29, 1.82) is 0 Å². The molecule has 0 fully saturated rings. The minimum Gasteiger partial charge on any atom is -0.478 e. The predicted molar refractivity (Wildman–Crippen MR) is 53.5 cm³/mol. The van der Waals surface area contributed by atoms with Gasteiger partial charge in [0.25, 0.3) is 0 Å². The minimum atomic E-state index is -1.10. The quantitative estimate of drug-likeness (QED) is 0.653. The van der Waals surface area contributed by atoms with Gasteiger partial charge in [0.05, 0.1) is 23.5 Å². The van der Waals surface area contributed by atoms with Crippen LogP contribution >= 0.6 is 0 Å². The molecule has 1 amide bonds. The van der Waals surface area contributed by atoms with Crippen molar-refractivity contribution in [2.45, 2.75) is 13.0 Å². The van der Waals surface area contributed by atoms with E-state index in [0.717, 1.165) is 0 Å². The Hall–Kier alpha value is -1.95. The molecular weight excluding hydrogens is 198 g/mol. The normalized spacial score (nSPS) is 11.9. The molecule has 0 aliphatic rings. The van der Waals surface area contributed by atoms with Crippen LogP contribution in [0.1, 0.15) is 17.3 Å². The number of anilines is 1. The average molecular weight is 209 g/mol. The molecule has 0 aliphatic heterocycles. The number of amides is 1. The first kappa shape index (κ1) is 11.1. The Morgan fingerprint density at radius 3 is 2.73 bits per heavy atom. The van der Waals surface area contributed by atoms with E-state index in [1.54, 1.807) is 0 Å². The van der Waals surface area contributed by atoms with Crippen molar-refractivity contribution in [2.24, 2.45) is 5.73 Å². The molecule has 0 unspecified atom stereocenters. The Labute approximate surface area is 86.1 Å². The molecule has 1 rings (SSSR count). The van der Waals surface area contributed by atoms with E-state index in [2.05, 4.69) is 10.3 Å². The van der Waals surface area contributed by atoms with Crippen LogP contribution in [-0.4, -0.2) is 28.0 Å². The van der Waals surface area contributed by atoms with Crippen molar-refractivity contribution in [1.82, 2.24) is 4.98 Å². The summed E-state index contributed by atoms with van der Waals surface area (Å²) >= 11 is 0. The zero-order valence-electron chi connectivity index (χ0n) is 8.10. The number of carboxylic acids is 1. The van der Waals surface area contributed by atoms with E-state index in [1.807, 2.05) is 0 Å². The van der Waals surface area contributed by atoms with E-state index in [-0.39, 0.29) is 11.5 Å². The van der Waals surface area contributed by atoms with Gasteiger partial charge in [0.1, 0.15) is 0 Å². The first-order valence-corrected chi connectivity index (χ1v) is 4.25. The third kappa shape index (κ3) is 3.03. The molecule has 80 valence electrons. The van der Waals surface area contributed by atoms with Gasteiger partial charge in [0, 0.05) is 6.20 Å². The Morgan fingerprint density at radius 2 is 2.20 bits per heavy atom. The van der Waals surface area contributed by atoms with Gasteiger partial charge in [-0.1, -0.05) is 0 Å². The zero-order chi connectivity index (χ0) is 11.4. The summed E-state index contributed by atoms with van der Waals surface area (Å²) in [5.74, 6) is -1.49. The van der Waals surface area contributed by atoms with Crippen LogP contribution in [0.5, 0.6) is 0 Å². The topological polar surface area (TPSA) is 105 Å². The Bertz CT molecular complexity index is 390. The van der Waals surface area contributed by atoms with Gasteiger partial charge < -0.3 is 16.2 Å². The van der Waals surface area contributed by atoms with Crippen LogP contribution < -0.4 is 11.1 Å². The summed E-state index contributed by atoms with van der Waals surface area (Å²) in [4.78, 5) is 25.5. The molecule has 1 aromatic rings. The molecule has 0 bridgehead atoms. The van der Waals surface area contributed by atoms with E-state index < -0.39 is 12.0 Å². The van der Waals surface area contributed by atoms with Gasteiger partial charge in [-0.25, -0.2) is 4.79 Å². The lowest BCUT2D eigenvalue weighted by Crippen LogP contribution is -2.32. The number of aromatic carboxylic acids is 1. The van der Waals surface area contributed by atoms with Crippen LogP contribution in [0.3, 0.4) is 0 Å². The summed E-state index contributed by atoms with van der Waals surface area (Å²) in [7, 11) is 0. The summed E-state index contributed by atoms with van der Waals surface area (Å²) in [5, 5.41) is 11.1. The SMILES string of the molecule is C[C@H](N)C(=O)Nc1cncc(C(=O)O)c1. The summed E-state index contributed by atoms with van der Waals surface area (Å²) in [6.45, 7) is 1.53. The van der Waals surface area contributed by atoms with E-state index in [1.165, 1.54) is 25.4 Å². The molecule has 0 saturated heterocycles. The van der Waals surface area contributed by atoms with Crippen LogP contribution in [0, 0.1) is 0 Å². The van der Waals surface area contributed by atoms with Crippen molar-refractivity contribution >= 4 is 17.6 Å². The van der Waals surface area contributed by atoms with Gasteiger partial charge in [0.15, 0.2) is 0 Å². The lowest BCUT2D eigenvalue weighted by molar-refractivity contribution is -0.117. The highest BCUT2D eigenvalue weighted by molar-refractivity contribution is 5.95. The van der Waals surface area contributed by atoms with E-state index in [9.17, 15) is 9.59 Å². The van der Waals surface area contributed by atoms with E-state index in [4.69, 9.17) is 10.8 Å². The molecule has 1 atom stereocenters. The molecule has 6 nitrogen and oxygen atoms in total. The molecule has 6 heteroatoms. The number of carbonyl (C=O) groups excluding carboxylic acids is 1. The number of nitrogens with zero attached hydrogens (tertiary/aromatic N) is 1. The maximum Gasteiger partial charge on any atom is 0.337 e. The number of hydrogen-bond acceptors (Lipinski definition) is 4. The van der Waals surface area contributed by atoms with Crippen molar-refractivity contribution in [3.05, 3.63) is 24.0 Å². The fourth-order valence-electron chi connectivity index (χ4n) is 0.881. The number of aromatic nitrogens is 1. The number of nitrogens with one attached hydrogen (secondary N) is 1. The molecule has 0 saturated carbocycles. The van der Waals surface area contributed by atoms with Crippen molar-refractivity contribution in [3.8, 4) is 0 Å². The molecule has 15 heavy (non-hydrogen) atoms. The highest BCUT2D eigenvalue weighted by Crippen LogP contribution is 2.08. The second kappa shape index (κ2) is 4.52. The molecule has 0 spiro atoms. The maximum absolute atomic E-state index is 11.2. The van der Waals surface area contributed by atoms with Crippen LogP contribution in [0.2, 0.25) is 0 Å². The van der Waals surface area contributed by atoms with Crippen molar-refractivity contribution < 1.29 is 14.7 Å². The number of carboxylic acid groups (broad SMARTS) is 1. The lowest BCUT2D eigenvalue weighted by atomic mass is 10.2. The van der Waals surface area contributed by atoms with Crippen molar-refractivity contribution in [3.63, 3.8) is 0 Å². The second-order valence-electron chi connectivity index (χ2n) is 3.05. The number of pyridine rings is 1. The predicted octanol–water partition coefficient (Wildman–Crippen LogP) is 0.0655. The largest absolute Gasteiger partial charge is 0.478 e. The van der Waals surface area contributed by atoms with E-state index in [0.29, 0.717) is 5.69 Å². The fourth-order valence-corrected chi connectivity index (χ4v) is 0.881. The summed E-state index contributed by atoms with van der Waals surface area (Å²) in [5.41, 5.74) is 5.66. The molecule has 0 radical (unpaired) electrons. The summed E-state index contributed by atoms with van der Waals surface area (Å²) in [6.07, 6.45) is 2.55. The molecular formula is C9H11N3O3. The van der Waals surface area contributed by atoms with Crippen LogP contribution in [0.15, 0.2) is 18.5 Å². The third-order valence-corrected chi connectivity index (χ3v) is 1.67. The monoisotopic (exact) mass is 209 g/mol. The van der Waals surface area contributed by atoms with Crippen LogP contribution in [-0.2, 0) is 4.79 Å². The van der Waals surface area contributed by atoms with Gasteiger partial charge in [-0.15, -0.1) is 0 Å². The Kier molecular flexibility index (Phi) is 3.35. The maximum atomic E-state index is 11.2. The average Bonchev–Trinajstić information content (AvgIpc) is 2.18. The molecule has 0 aromatic carbocycles. The lowest BCUT2D eigenvalue weighted by Gasteiger charge is -2.07. The van der Waals surface area contributed by atoms with Crippen LogP contribution in [0.4, 0.5) is 5.69 Å². The molecule has 1 aromatic heterocycles. The van der Waals surface area contributed by atoms with Gasteiger partial charge >= 0.3 is 5.97 Å². The van der Waals surface area contributed by atoms with Gasteiger partial charge in [0.2, 0.25) is 5.91 Å². The zero-order valence-corrected chi connectivity index (χ0v) is 8.10.